The predicted octanol–water partition coefficient (Wildman–Crippen LogP) is 3.23. The van der Waals surface area contributed by atoms with Crippen molar-refractivity contribution < 1.29 is 14.3 Å². The van der Waals surface area contributed by atoms with Gasteiger partial charge in [0.25, 0.3) is 0 Å². The number of nitrogens with zero attached hydrogens (tertiary/aromatic N) is 4. The van der Waals surface area contributed by atoms with Gasteiger partial charge in [0.1, 0.15) is 5.75 Å². The van der Waals surface area contributed by atoms with Crippen LogP contribution in [0.1, 0.15) is 12.5 Å². The molecule has 0 aliphatic carbocycles. The van der Waals surface area contributed by atoms with Crippen molar-refractivity contribution in [2.75, 3.05) is 20.2 Å². The van der Waals surface area contributed by atoms with Gasteiger partial charge in [-0.2, -0.15) is 0 Å². The number of methoxy groups -OCH3 is 1. The van der Waals surface area contributed by atoms with Crippen LogP contribution in [0.25, 0.3) is 11.4 Å². The molecule has 0 radical (unpaired) electrons. The average Bonchev–Trinajstić information content (AvgIpc) is 3.43. The molecule has 8 nitrogen and oxygen atoms in total. The van der Waals surface area contributed by atoms with E-state index in [2.05, 4.69) is 27.6 Å². The first-order valence-corrected chi connectivity index (χ1v) is 11.3. The maximum absolute atomic E-state index is 12.8. The van der Waals surface area contributed by atoms with Crippen LogP contribution in [0, 0.1) is 0 Å². The SMILES string of the molecule is COc1ccccc1-c1nnc(SC(C)C(=O)N2CCNC2=O)n1CCc1ccccc1. The van der Waals surface area contributed by atoms with Gasteiger partial charge in [0, 0.05) is 19.6 Å². The fourth-order valence-electron chi connectivity index (χ4n) is 3.60. The molecule has 0 saturated carbocycles. The summed E-state index contributed by atoms with van der Waals surface area (Å²) in [5.74, 6) is 1.15. The summed E-state index contributed by atoms with van der Waals surface area (Å²) in [6, 6.07) is 17.5. The minimum absolute atomic E-state index is 0.235. The first-order chi connectivity index (χ1) is 15.6. The van der Waals surface area contributed by atoms with Crippen LogP contribution in [0.2, 0.25) is 0 Å². The number of hydrogen-bond acceptors (Lipinski definition) is 6. The van der Waals surface area contributed by atoms with Crippen molar-refractivity contribution in [3.63, 3.8) is 0 Å². The summed E-state index contributed by atoms with van der Waals surface area (Å²) >= 11 is 1.31. The highest BCUT2D eigenvalue weighted by atomic mass is 32.2. The Kier molecular flexibility index (Phi) is 6.75. The third-order valence-corrected chi connectivity index (χ3v) is 6.35. The van der Waals surface area contributed by atoms with E-state index in [1.165, 1.54) is 22.2 Å². The van der Waals surface area contributed by atoms with Crippen LogP contribution in [0.5, 0.6) is 5.75 Å². The van der Waals surface area contributed by atoms with Crippen molar-refractivity contribution in [1.29, 1.82) is 0 Å². The number of rotatable bonds is 8. The summed E-state index contributed by atoms with van der Waals surface area (Å²) in [6.07, 6.45) is 0.783. The normalized spacial score (nSPS) is 14.3. The Labute approximate surface area is 191 Å². The Morgan fingerprint density at radius 2 is 1.91 bits per heavy atom. The molecule has 1 aliphatic heterocycles. The van der Waals surface area contributed by atoms with E-state index >= 15 is 0 Å². The Morgan fingerprint density at radius 3 is 2.62 bits per heavy atom. The number of amides is 3. The molecule has 4 rings (SSSR count). The molecule has 2 aromatic carbocycles. The van der Waals surface area contributed by atoms with Crippen LogP contribution in [-0.4, -0.2) is 57.1 Å². The molecule has 1 fully saturated rings. The molecule has 166 valence electrons. The van der Waals surface area contributed by atoms with Crippen LogP contribution in [0.4, 0.5) is 4.79 Å². The molecule has 3 amide bonds. The molecule has 1 saturated heterocycles. The predicted molar refractivity (Wildman–Crippen MR) is 123 cm³/mol. The molecular weight excluding hydrogens is 426 g/mol. The maximum Gasteiger partial charge on any atom is 0.324 e. The lowest BCUT2D eigenvalue weighted by Crippen LogP contribution is -2.39. The third kappa shape index (κ3) is 4.62. The summed E-state index contributed by atoms with van der Waals surface area (Å²) in [4.78, 5) is 25.9. The van der Waals surface area contributed by atoms with E-state index in [0.29, 0.717) is 36.4 Å². The summed E-state index contributed by atoms with van der Waals surface area (Å²) in [5, 5.41) is 11.6. The van der Waals surface area contributed by atoms with Gasteiger partial charge in [-0.1, -0.05) is 54.2 Å². The zero-order chi connectivity index (χ0) is 22.5. The fraction of sp³-hybridized carbons (Fsp3) is 0.304. The second-order valence-corrected chi connectivity index (χ2v) is 8.68. The van der Waals surface area contributed by atoms with Crippen LogP contribution in [-0.2, 0) is 17.8 Å². The minimum Gasteiger partial charge on any atom is -0.496 e. The van der Waals surface area contributed by atoms with Crippen LogP contribution >= 0.6 is 11.8 Å². The van der Waals surface area contributed by atoms with Crippen molar-refractivity contribution >= 4 is 23.7 Å². The van der Waals surface area contributed by atoms with E-state index < -0.39 is 5.25 Å². The lowest BCUT2D eigenvalue weighted by atomic mass is 10.1. The molecule has 1 aliphatic rings. The number of urea groups is 1. The van der Waals surface area contributed by atoms with Crippen LogP contribution < -0.4 is 10.1 Å². The van der Waals surface area contributed by atoms with Crippen LogP contribution in [0.3, 0.4) is 0 Å². The van der Waals surface area contributed by atoms with E-state index in [9.17, 15) is 9.59 Å². The van der Waals surface area contributed by atoms with Gasteiger partial charge in [-0.3, -0.25) is 9.69 Å². The van der Waals surface area contributed by atoms with Gasteiger partial charge in [-0.25, -0.2) is 4.79 Å². The first kappa shape index (κ1) is 21.9. The van der Waals surface area contributed by atoms with Gasteiger partial charge in [0.15, 0.2) is 11.0 Å². The third-order valence-electron chi connectivity index (χ3n) is 5.28. The average molecular weight is 452 g/mol. The molecule has 1 N–H and O–H groups in total. The molecule has 0 spiro atoms. The number of hydrogen-bond donors (Lipinski definition) is 1. The zero-order valence-electron chi connectivity index (χ0n) is 18.0. The summed E-state index contributed by atoms with van der Waals surface area (Å²) < 4.78 is 7.55. The van der Waals surface area contributed by atoms with E-state index in [0.717, 1.165) is 12.0 Å². The number of para-hydroxylation sites is 1. The van der Waals surface area contributed by atoms with Gasteiger partial charge < -0.3 is 14.6 Å². The Balaban J connectivity index is 1.63. The molecule has 1 aromatic heterocycles. The number of ether oxygens (including phenoxy) is 1. The van der Waals surface area contributed by atoms with Crippen molar-refractivity contribution in [1.82, 2.24) is 25.0 Å². The standard InChI is InChI=1S/C23H25N5O3S/c1-16(21(29)28-15-13-24-22(28)30)32-23-26-25-20(18-10-6-7-11-19(18)31-2)27(23)14-12-17-8-4-3-5-9-17/h3-11,16H,12-15H2,1-2H3,(H,24,30). The lowest BCUT2D eigenvalue weighted by molar-refractivity contribution is -0.126. The highest BCUT2D eigenvalue weighted by Crippen LogP contribution is 2.32. The quantitative estimate of drug-likeness (QED) is 0.529. The Bertz CT molecular complexity index is 1100. The fourth-order valence-corrected chi connectivity index (χ4v) is 4.54. The lowest BCUT2D eigenvalue weighted by Gasteiger charge is -2.18. The highest BCUT2D eigenvalue weighted by molar-refractivity contribution is 8.00. The van der Waals surface area contributed by atoms with E-state index in [1.807, 2.05) is 47.0 Å². The molecule has 32 heavy (non-hydrogen) atoms. The van der Waals surface area contributed by atoms with Crippen LogP contribution in [0.15, 0.2) is 59.8 Å². The monoisotopic (exact) mass is 451 g/mol. The maximum atomic E-state index is 12.8. The van der Waals surface area contributed by atoms with Gasteiger partial charge in [0.05, 0.1) is 17.9 Å². The van der Waals surface area contributed by atoms with Crippen molar-refractivity contribution in [2.24, 2.45) is 0 Å². The topological polar surface area (TPSA) is 89.4 Å². The van der Waals surface area contributed by atoms with E-state index in [-0.39, 0.29) is 11.9 Å². The molecule has 1 atom stereocenters. The number of thioether (sulfide) groups is 1. The molecule has 9 heteroatoms. The number of imide groups is 1. The number of nitrogens with one attached hydrogen (secondary N) is 1. The first-order valence-electron chi connectivity index (χ1n) is 10.4. The largest absolute Gasteiger partial charge is 0.496 e. The van der Waals surface area contributed by atoms with E-state index in [1.54, 1.807) is 14.0 Å². The summed E-state index contributed by atoms with van der Waals surface area (Å²) in [7, 11) is 1.63. The molecule has 3 aromatic rings. The van der Waals surface area contributed by atoms with Gasteiger partial charge in [0.2, 0.25) is 5.91 Å². The zero-order valence-corrected chi connectivity index (χ0v) is 18.8. The number of aromatic nitrogens is 3. The van der Waals surface area contributed by atoms with Gasteiger partial charge in [-0.15, -0.1) is 10.2 Å². The Hall–Kier alpha value is -3.33. The highest BCUT2D eigenvalue weighted by Gasteiger charge is 2.31. The summed E-state index contributed by atoms with van der Waals surface area (Å²) in [5.41, 5.74) is 2.03. The molecule has 1 unspecified atom stereocenters. The van der Waals surface area contributed by atoms with Crippen molar-refractivity contribution in [3.8, 4) is 17.1 Å². The molecule has 2 heterocycles. The molecular formula is C23H25N5O3S. The Morgan fingerprint density at radius 1 is 1.16 bits per heavy atom. The number of benzene rings is 2. The van der Waals surface area contributed by atoms with Gasteiger partial charge in [-0.05, 0) is 31.0 Å². The van der Waals surface area contributed by atoms with Gasteiger partial charge >= 0.3 is 6.03 Å². The second-order valence-electron chi connectivity index (χ2n) is 7.38. The van der Waals surface area contributed by atoms with E-state index in [4.69, 9.17) is 4.74 Å². The minimum atomic E-state index is -0.482. The molecule has 0 bridgehead atoms. The second kappa shape index (κ2) is 9.86. The smallest absolute Gasteiger partial charge is 0.324 e. The summed E-state index contributed by atoms with van der Waals surface area (Å²) in [6.45, 7) is 3.29. The number of carbonyl (C=O) groups is 2. The van der Waals surface area contributed by atoms with Crippen molar-refractivity contribution in [2.45, 2.75) is 30.3 Å². The van der Waals surface area contributed by atoms with Crippen molar-refractivity contribution in [3.05, 3.63) is 60.2 Å². The number of carbonyl (C=O) groups excluding carboxylic acids is 2. The number of aryl methyl sites for hydroxylation is 1.